The summed E-state index contributed by atoms with van der Waals surface area (Å²) in [7, 11) is 0. The van der Waals surface area contributed by atoms with Crippen LogP contribution in [0.25, 0.3) is 0 Å². The molecule has 0 saturated carbocycles. The molecular formula is C11H21NOS. The standard InChI is InChI=1S/C11H21NOS/c1-7-8-10(9(2)3)12-14(13)11(4,5)6/h9-10,12H,1-6H3/t10-,14?/m1/s1. The Morgan fingerprint density at radius 2 is 1.79 bits per heavy atom. The Balaban J connectivity index is 4.36. The molecule has 0 radical (unpaired) electrons. The fraction of sp³-hybridized carbons (Fsp3) is 0.818. The molecule has 2 nitrogen and oxygen atoms in total. The Hall–Kier alpha value is -0.170. The van der Waals surface area contributed by atoms with Crippen LogP contribution in [0.1, 0.15) is 41.5 Å². The van der Waals surface area contributed by atoms with Gasteiger partial charge in [-0.1, -0.05) is 19.8 Å². The zero-order chi connectivity index (χ0) is 11.4. The van der Waals surface area contributed by atoms with E-state index in [1.807, 2.05) is 20.8 Å². The molecular weight excluding hydrogens is 194 g/mol. The predicted molar refractivity (Wildman–Crippen MR) is 63.1 cm³/mol. The van der Waals surface area contributed by atoms with Crippen molar-refractivity contribution in [3.05, 3.63) is 0 Å². The fourth-order valence-electron chi connectivity index (χ4n) is 0.780. The van der Waals surface area contributed by atoms with Gasteiger partial charge in [0, 0.05) is 11.4 Å². The van der Waals surface area contributed by atoms with Gasteiger partial charge in [-0.15, -0.1) is 10.6 Å². The van der Waals surface area contributed by atoms with E-state index in [1.54, 1.807) is 6.92 Å². The van der Waals surface area contributed by atoms with Crippen LogP contribution in [-0.2, 0) is 11.4 Å². The van der Waals surface area contributed by atoms with Crippen molar-refractivity contribution in [1.29, 1.82) is 0 Å². The molecule has 14 heavy (non-hydrogen) atoms. The molecule has 0 aliphatic carbocycles. The quantitative estimate of drug-likeness (QED) is 0.578. The van der Waals surface area contributed by atoms with Crippen molar-refractivity contribution in [3.8, 4) is 11.8 Å². The molecule has 0 rings (SSSR count). The second kappa shape index (κ2) is 5.65. The average Bonchev–Trinajstić information content (AvgIpc) is 2.01. The van der Waals surface area contributed by atoms with E-state index >= 15 is 0 Å². The van der Waals surface area contributed by atoms with Crippen molar-refractivity contribution in [3.63, 3.8) is 0 Å². The fourth-order valence-corrected chi connectivity index (χ4v) is 1.70. The largest absolute Gasteiger partial charge is 0.598 e. The molecule has 0 aromatic rings. The van der Waals surface area contributed by atoms with Gasteiger partial charge in [0.25, 0.3) is 0 Å². The highest BCUT2D eigenvalue weighted by atomic mass is 32.2. The topological polar surface area (TPSA) is 35.1 Å². The van der Waals surface area contributed by atoms with Crippen molar-refractivity contribution in [2.75, 3.05) is 0 Å². The van der Waals surface area contributed by atoms with Crippen molar-refractivity contribution < 1.29 is 4.55 Å². The van der Waals surface area contributed by atoms with Crippen LogP contribution in [0, 0.1) is 17.8 Å². The number of hydrogen-bond acceptors (Lipinski definition) is 2. The van der Waals surface area contributed by atoms with E-state index in [2.05, 4.69) is 30.4 Å². The summed E-state index contributed by atoms with van der Waals surface area (Å²) in [6.07, 6.45) is 0. The summed E-state index contributed by atoms with van der Waals surface area (Å²) in [6.45, 7) is 11.8. The molecule has 0 fully saturated rings. The molecule has 82 valence electrons. The molecule has 0 spiro atoms. The van der Waals surface area contributed by atoms with Crippen molar-refractivity contribution in [1.82, 2.24) is 4.72 Å². The number of rotatable bonds is 3. The van der Waals surface area contributed by atoms with Crippen LogP contribution in [0.5, 0.6) is 0 Å². The molecule has 0 aromatic heterocycles. The van der Waals surface area contributed by atoms with Crippen LogP contribution in [0.15, 0.2) is 0 Å². The maximum atomic E-state index is 11.8. The first-order valence-corrected chi connectivity index (χ1v) is 6.04. The third-order valence-electron chi connectivity index (χ3n) is 1.76. The van der Waals surface area contributed by atoms with Crippen LogP contribution in [-0.4, -0.2) is 15.3 Å². The van der Waals surface area contributed by atoms with E-state index in [-0.39, 0.29) is 10.8 Å². The molecule has 0 bridgehead atoms. The lowest BCUT2D eigenvalue weighted by Gasteiger charge is -2.27. The molecule has 0 aliphatic rings. The molecule has 0 aliphatic heterocycles. The first kappa shape index (κ1) is 13.8. The summed E-state index contributed by atoms with van der Waals surface area (Å²) in [4.78, 5) is 0. The molecule has 1 N–H and O–H groups in total. The zero-order valence-electron chi connectivity index (χ0n) is 9.97. The summed E-state index contributed by atoms with van der Waals surface area (Å²) < 4.78 is 14.6. The Bertz CT molecular complexity index is 222. The third kappa shape index (κ3) is 4.90. The van der Waals surface area contributed by atoms with Crippen LogP contribution in [0.3, 0.4) is 0 Å². The van der Waals surface area contributed by atoms with Crippen LogP contribution >= 0.6 is 0 Å². The summed E-state index contributed by atoms with van der Waals surface area (Å²) in [5.41, 5.74) is 0. The van der Waals surface area contributed by atoms with Gasteiger partial charge >= 0.3 is 0 Å². The van der Waals surface area contributed by atoms with Gasteiger partial charge < -0.3 is 4.55 Å². The molecule has 2 atom stereocenters. The van der Waals surface area contributed by atoms with Gasteiger partial charge in [0.1, 0.15) is 10.8 Å². The summed E-state index contributed by atoms with van der Waals surface area (Å²) in [5, 5.41) is 0. The summed E-state index contributed by atoms with van der Waals surface area (Å²) >= 11 is -1.04. The minimum Gasteiger partial charge on any atom is -0.598 e. The van der Waals surface area contributed by atoms with Crippen molar-refractivity contribution in [2.24, 2.45) is 5.92 Å². The first-order chi connectivity index (χ1) is 6.29. The summed E-state index contributed by atoms with van der Waals surface area (Å²) in [6, 6.07) is 0.0139. The smallest absolute Gasteiger partial charge is 0.136 e. The average molecular weight is 215 g/mol. The van der Waals surface area contributed by atoms with Gasteiger partial charge in [0.15, 0.2) is 0 Å². The second-order valence-corrected chi connectivity index (χ2v) is 6.61. The lowest BCUT2D eigenvalue weighted by Crippen LogP contribution is -2.46. The first-order valence-electron chi connectivity index (χ1n) is 4.89. The van der Waals surface area contributed by atoms with Crippen LogP contribution in [0.4, 0.5) is 0 Å². The second-order valence-electron chi connectivity index (χ2n) is 4.61. The highest BCUT2D eigenvalue weighted by Crippen LogP contribution is 2.15. The van der Waals surface area contributed by atoms with E-state index in [0.717, 1.165) is 0 Å². The van der Waals surface area contributed by atoms with Crippen molar-refractivity contribution in [2.45, 2.75) is 52.3 Å². The Morgan fingerprint density at radius 3 is 2.07 bits per heavy atom. The molecule has 0 aromatic carbocycles. The van der Waals surface area contributed by atoms with Crippen molar-refractivity contribution >= 4 is 11.4 Å². The van der Waals surface area contributed by atoms with Gasteiger partial charge in [0.05, 0.1) is 0 Å². The zero-order valence-corrected chi connectivity index (χ0v) is 10.8. The molecule has 0 saturated heterocycles. The molecule has 1 unspecified atom stereocenters. The SMILES string of the molecule is CC#C[C@@H](N[S+]([O-])C(C)(C)C)C(C)C. The monoisotopic (exact) mass is 215 g/mol. The highest BCUT2D eigenvalue weighted by Gasteiger charge is 2.29. The Morgan fingerprint density at radius 1 is 1.29 bits per heavy atom. The van der Waals surface area contributed by atoms with Gasteiger partial charge in [-0.25, -0.2) is 0 Å². The van der Waals surface area contributed by atoms with Crippen LogP contribution < -0.4 is 4.72 Å². The summed E-state index contributed by atoms with van der Waals surface area (Å²) in [5.74, 6) is 6.26. The van der Waals surface area contributed by atoms with E-state index in [4.69, 9.17) is 0 Å². The van der Waals surface area contributed by atoms with Gasteiger partial charge in [-0.05, 0) is 33.6 Å². The highest BCUT2D eigenvalue weighted by molar-refractivity contribution is 7.90. The van der Waals surface area contributed by atoms with E-state index in [0.29, 0.717) is 5.92 Å². The normalized spacial score (nSPS) is 16.0. The minimum atomic E-state index is -1.04. The predicted octanol–water partition coefficient (Wildman–Crippen LogP) is 2.09. The molecule has 0 heterocycles. The minimum absolute atomic E-state index is 0.0139. The Kier molecular flexibility index (Phi) is 5.58. The Labute approximate surface area is 91.2 Å². The number of hydrogen-bond donors (Lipinski definition) is 1. The van der Waals surface area contributed by atoms with Crippen LogP contribution in [0.2, 0.25) is 0 Å². The van der Waals surface area contributed by atoms with Gasteiger partial charge in [-0.3, -0.25) is 0 Å². The molecule has 0 amide bonds. The van der Waals surface area contributed by atoms with Gasteiger partial charge in [-0.2, -0.15) is 0 Å². The third-order valence-corrected chi connectivity index (χ3v) is 3.34. The van der Waals surface area contributed by atoms with E-state index in [9.17, 15) is 4.55 Å². The number of nitrogens with one attached hydrogen (secondary N) is 1. The lowest BCUT2D eigenvalue weighted by atomic mass is 10.1. The lowest BCUT2D eigenvalue weighted by molar-refractivity contribution is 0.498. The molecule has 3 heteroatoms. The van der Waals surface area contributed by atoms with Gasteiger partial charge in [0.2, 0.25) is 0 Å². The maximum Gasteiger partial charge on any atom is 0.136 e. The van der Waals surface area contributed by atoms with E-state index in [1.165, 1.54) is 0 Å². The maximum absolute atomic E-state index is 11.8. The van der Waals surface area contributed by atoms with E-state index < -0.39 is 11.4 Å².